The number of halogens is 3. The lowest BCUT2D eigenvalue weighted by atomic mass is 10.0. The van der Waals surface area contributed by atoms with Gasteiger partial charge in [0.15, 0.2) is 8.30 Å². The zero-order chi connectivity index (χ0) is 17.7. The van der Waals surface area contributed by atoms with Crippen LogP contribution in [0.2, 0.25) is 0 Å². The topological polar surface area (TPSA) is 21.3 Å². The number of nitrogens with one attached hydrogen (secondary N) is 1. The Balaban J connectivity index is 1.91. The molecule has 1 N–H and O–H groups in total. The molecule has 130 valence electrons. The number of hydrogen-bond acceptors (Lipinski definition) is 3. The van der Waals surface area contributed by atoms with E-state index >= 15 is 0 Å². The Kier molecular flexibility index (Phi) is 6.41. The van der Waals surface area contributed by atoms with Gasteiger partial charge in [-0.25, -0.2) is 0 Å². The second-order valence-corrected chi connectivity index (χ2v) is 8.04. The Bertz CT molecular complexity index is 644. The standard InChI is InChI=1S/C17H19F3NOPS/c1-12(2)13-4-8-15(9-5-13)22-23(3)21-14-6-10-16(11-7-14)24-17(18,19)20/h4-12,21H,1-3H3. The van der Waals surface area contributed by atoms with Gasteiger partial charge in [0.25, 0.3) is 0 Å². The Morgan fingerprint density at radius 3 is 2.08 bits per heavy atom. The van der Waals surface area contributed by atoms with Crippen LogP contribution in [0.25, 0.3) is 0 Å². The maximum Gasteiger partial charge on any atom is 0.446 e. The summed E-state index contributed by atoms with van der Waals surface area (Å²) >= 11 is -0.119. The summed E-state index contributed by atoms with van der Waals surface area (Å²) in [5.41, 5.74) is -2.29. The van der Waals surface area contributed by atoms with Gasteiger partial charge >= 0.3 is 5.51 Å². The lowest BCUT2D eigenvalue weighted by Gasteiger charge is -2.17. The Labute approximate surface area is 145 Å². The number of rotatable bonds is 6. The molecule has 1 unspecified atom stereocenters. The van der Waals surface area contributed by atoms with Gasteiger partial charge in [-0.2, -0.15) is 13.2 Å². The normalized spacial score (nSPS) is 13.0. The van der Waals surface area contributed by atoms with Gasteiger partial charge in [0.2, 0.25) is 0 Å². The Morgan fingerprint density at radius 2 is 1.58 bits per heavy atom. The third-order valence-electron chi connectivity index (χ3n) is 3.16. The summed E-state index contributed by atoms with van der Waals surface area (Å²) in [5.74, 6) is 1.23. The van der Waals surface area contributed by atoms with E-state index in [4.69, 9.17) is 4.52 Å². The maximum atomic E-state index is 12.3. The van der Waals surface area contributed by atoms with Crippen molar-refractivity contribution in [2.75, 3.05) is 11.8 Å². The summed E-state index contributed by atoms with van der Waals surface area (Å²) in [6.07, 6.45) is 0. The number of hydrogen-bond donors (Lipinski definition) is 1. The van der Waals surface area contributed by atoms with Crippen LogP contribution in [0.1, 0.15) is 25.3 Å². The van der Waals surface area contributed by atoms with E-state index in [9.17, 15) is 13.2 Å². The zero-order valence-electron chi connectivity index (χ0n) is 13.6. The Morgan fingerprint density at radius 1 is 1.00 bits per heavy atom. The monoisotopic (exact) mass is 373 g/mol. The summed E-state index contributed by atoms with van der Waals surface area (Å²) in [6, 6.07) is 14.1. The van der Waals surface area contributed by atoms with Crippen molar-refractivity contribution in [1.29, 1.82) is 0 Å². The number of alkyl halides is 3. The largest absolute Gasteiger partial charge is 0.454 e. The molecule has 0 fully saturated rings. The van der Waals surface area contributed by atoms with E-state index in [0.29, 0.717) is 5.92 Å². The van der Waals surface area contributed by atoms with Crippen molar-refractivity contribution >= 4 is 25.7 Å². The van der Waals surface area contributed by atoms with Gasteiger partial charge in [0, 0.05) is 17.2 Å². The fraction of sp³-hybridized carbons (Fsp3) is 0.294. The van der Waals surface area contributed by atoms with Gasteiger partial charge in [0.1, 0.15) is 5.75 Å². The second kappa shape index (κ2) is 8.13. The minimum absolute atomic E-state index is 0.119. The van der Waals surface area contributed by atoms with E-state index in [1.165, 1.54) is 17.7 Å². The summed E-state index contributed by atoms with van der Waals surface area (Å²) in [5, 5.41) is 3.17. The van der Waals surface area contributed by atoms with Gasteiger partial charge in [-0.3, -0.25) is 0 Å². The van der Waals surface area contributed by atoms with Crippen LogP contribution in [-0.4, -0.2) is 12.2 Å². The van der Waals surface area contributed by atoms with Crippen molar-refractivity contribution in [2.45, 2.75) is 30.2 Å². The average molecular weight is 373 g/mol. The molecular weight excluding hydrogens is 354 g/mol. The molecule has 7 heteroatoms. The molecule has 2 rings (SSSR count). The van der Waals surface area contributed by atoms with Gasteiger partial charge in [-0.05, 0) is 59.6 Å². The van der Waals surface area contributed by atoms with Crippen LogP contribution < -0.4 is 9.61 Å². The molecule has 0 aliphatic rings. The van der Waals surface area contributed by atoms with E-state index in [2.05, 4.69) is 18.9 Å². The number of thioether (sulfide) groups is 1. The molecule has 2 nitrogen and oxygen atoms in total. The number of anilines is 1. The fourth-order valence-electron chi connectivity index (χ4n) is 2.01. The highest BCUT2D eigenvalue weighted by atomic mass is 32.2. The molecule has 0 aromatic heterocycles. The molecule has 0 aliphatic heterocycles. The molecule has 0 radical (unpaired) electrons. The predicted molar refractivity (Wildman–Crippen MR) is 96.0 cm³/mol. The third kappa shape index (κ3) is 6.25. The molecule has 0 amide bonds. The molecular formula is C17H19F3NOPS. The van der Waals surface area contributed by atoms with E-state index in [1.807, 2.05) is 30.9 Å². The summed E-state index contributed by atoms with van der Waals surface area (Å²) in [6.45, 7) is 6.17. The molecule has 2 aromatic rings. The van der Waals surface area contributed by atoms with Crippen LogP contribution in [0.5, 0.6) is 5.75 Å². The minimum atomic E-state index is -4.27. The molecule has 1 atom stereocenters. The Hall–Kier alpha value is -1.39. The van der Waals surface area contributed by atoms with Gasteiger partial charge in [-0.15, -0.1) is 0 Å². The summed E-state index contributed by atoms with van der Waals surface area (Å²) in [7, 11) is -0.974. The van der Waals surface area contributed by atoms with Crippen LogP contribution >= 0.6 is 20.1 Å². The average Bonchev–Trinajstić information content (AvgIpc) is 2.48. The van der Waals surface area contributed by atoms with Crippen molar-refractivity contribution in [3.8, 4) is 5.75 Å². The molecule has 0 saturated carbocycles. The highest BCUT2D eigenvalue weighted by molar-refractivity contribution is 8.00. The predicted octanol–water partition coefficient (Wildman–Crippen LogP) is 6.85. The van der Waals surface area contributed by atoms with Crippen LogP contribution in [0, 0.1) is 0 Å². The molecule has 24 heavy (non-hydrogen) atoms. The first-order valence-electron chi connectivity index (χ1n) is 7.37. The first-order chi connectivity index (χ1) is 11.2. The first kappa shape index (κ1) is 18.9. The van der Waals surface area contributed by atoms with Crippen LogP contribution in [0.15, 0.2) is 53.4 Å². The maximum absolute atomic E-state index is 12.3. The van der Waals surface area contributed by atoms with Gasteiger partial charge in [-0.1, -0.05) is 26.0 Å². The van der Waals surface area contributed by atoms with E-state index in [0.717, 1.165) is 11.4 Å². The number of benzene rings is 2. The van der Waals surface area contributed by atoms with Crippen LogP contribution in [-0.2, 0) is 0 Å². The molecule has 0 spiro atoms. The highest BCUT2D eigenvalue weighted by Crippen LogP contribution is 2.39. The van der Waals surface area contributed by atoms with Gasteiger partial charge in [0.05, 0.1) is 0 Å². The molecule has 0 heterocycles. The fourth-order valence-corrected chi connectivity index (χ4v) is 3.54. The lowest BCUT2D eigenvalue weighted by Crippen LogP contribution is -1.99. The second-order valence-electron chi connectivity index (χ2n) is 5.50. The molecule has 0 bridgehead atoms. The first-order valence-corrected chi connectivity index (χ1v) is 9.89. The van der Waals surface area contributed by atoms with Crippen molar-refractivity contribution in [3.63, 3.8) is 0 Å². The van der Waals surface area contributed by atoms with Crippen LogP contribution in [0.4, 0.5) is 18.9 Å². The van der Waals surface area contributed by atoms with Crippen LogP contribution in [0.3, 0.4) is 0 Å². The van der Waals surface area contributed by atoms with E-state index in [-0.39, 0.29) is 16.7 Å². The van der Waals surface area contributed by atoms with Crippen molar-refractivity contribution in [3.05, 3.63) is 54.1 Å². The summed E-state index contributed by atoms with van der Waals surface area (Å²) in [4.78, 5) is 0.165. The molecule has 2 aromatic carbocycles. The molecule has 0 saturated heterocycles. The van der Waals surface area contributed by atoms with E-state index in [1.54, 1.807) is 12.1 Å². The van der Waals surface area contributed by atoms with Crippen molar-refractivity contribution in [2.24, 2.45) is 0 Å². The highest BCUT2D eigenvalue weighted by Gasteiger charge is 2.29. The molecule has 0 aliphatic carbocycles. The van der Waals surface area contributed by atoms with E-state index < -0.39 is 13.8 Å². The zero-order valence-corrected chi connectivity index (χ0v) is 15.3. The lowest BCUT2D eigenvalue weighted by molar-refractivity contribution is -0.0328. The van der Waals surface area contributed by atoms with Gasteiger partial charge < -0.3 is 9.61 Å². The summed E-state index contributed by atoms with van der Waals surface area (Å²) < 4.78 is 42.7. The third-order valence-corrected chi connectivity index (χ3v) is 4.96. The SMILES string of the molecule is CC(C)c1ccc(OP(C)Nc2ccc(SC(F)(F)F)cc2)cc1. The van der Waals surface area contributed by atoms with Crippen molar-refractivity contribution < 1.29 is 17.7 Å². The smallest absolute Gasteiger partial charge is 0.446 e. The quantitative estimate of drug-likeness (QED) is 0.442. The van der Waals surface area contributed by atoms with Crippen molar-refractivity contribution in [1.82, 2.24) is 0 Å². The minimum Gasteiger partial charge on any atom is -0.454 e.